The number of rotatable bonds is 19. The van der Waals surface area contributed by atoms with Gasteiger partial charge in [-0.05, 0) is 277 Å². The van der Waals surface area contributed by atoms with Crippen LogP contribution in [0.3, 0.4) is 0 Å². The predicted molar refractivity (Wildman–Crippen MR) is 510 cm³/mol. The minimum atomic E-state index is -0.505. The molecule has 8 aromatic rings. The number of amides is 4. The number of fused-ring (bicyclic) bond motifs is 6. The molecule has 136 heavy (non-hydrogen) atoms. The molecule has 0 bridgehead atoms. The van der Waals surface area contributed by atoms with Crippen LogP contribution in [0, 0.1) is 101 Å². The van der Waals surface area contributed by atoms with Crippen LogP contribution in [0.25, 0.3) is 0 Å². The van der Waals surface area contributed by atoms with Gasteiger partial charge in [0.15, 0.2) is 0 Å². The molecule has 4 unspecified atom stereocenters. The molecule has 728 valence electrons. The van der Waals surface area contributed by atoms with E-state index >= 15 is 0 Å². The highest BCUT2D eigenvalue weighted by atomic mass is 19.1. The van der Waals surface area contributed by atoms with Crippen molar-refractivity contribution in [3.63, 3.8) is 0 Å². The minimum absolute atomic E-state index is 0.0296. The fourth-order valence-corrected chi connectivity index (χ4v) is 18.6. The highest BCUT2D eigenvalue weighted by Gasteiger charge is 2.42. The topological polar surface area (TPSA) is 380 Å². The molecule has 2 fully saturated rings. The van der Waals surface area contributed by atoms with Crippen molar-refractivity contribution in [3.05, 3.63) is 259 Å². The molecule has 7 aliphatic rings. The van der Waals surface area contributed by atoms with E-state index in [1.807, 2.05) is 50.2 Å². The number of benzene rings is 8. The average Bonchev–Trinajstić information content (AvgIpc) is 1.58. The van der Waals surface area contributed by atoms with Crippen LogP contribution in [0.4, 0.5) is 76.6 Å². The molecule has 2 aliphatic carbocycles. The molecule has 5 aliphatic heterocycles. The summed E-state index contributed by atoms with van der Waals surface area (Å²) in [7, 11) is 8.24. The molecule has 0 spiro atoms. The Morgan fingerprint density at radius 3 is 1.24 bits per heavy atom. The quantitative estimate of drug-likeness (QED) is 0.0111. The van der Waals surface area contributed by atoms with E-state index in [0.29, 0.717) is 116 Å². The van der Waals surface area contributed by atoms with Crippen LogP contribution in [0.15, 0.2) is 126 Å². The molecule has 4 atom stereocenters. The average molecular weight is 1880 g/mol. The van der Waals surface area contributed by atoms with Gasteiger partial charge in [0.25, 0.3) is 11.4 Å². The SMILES string of the molecule is CC(=O)Cc1ccc(C)c(F)c1.COC(=O)C1CCC(C2=Nc3c(ccc4c3CN(C(=O)OC)CC4)C2C(C)Cc2ccc(C)c(F)c2)CC1.COC(=O)C1CCC(C=O)CC1.COC(=O)N1CCc2ccc(N)c([N+](=O)[O-])c2C1.COC(=O)N1CCc2ccc(NC(C)Cc3ccc(C)c(F)c3)c(N)c2C1.COC(=O)N1CCc2ccc(NC(C)Cc3ccc(C)c(F)c3)c([N+](=O)[O-])c2C1. The maximum absolute atomic E-state index is 14.4. The monoisotopic (exact) mass is 1880 g/mol. The second kappa shape index (κ2) is 48.6. The molecule has 0 saturated heterocycles. The number of methoxy groups -OCH3 is 6. The minimum Gasteiger partial charge on any atom is -0.469 e. The number of nitrogen functional groups attached to an aromatic ring is 2. The number of ether oxygens (including phenoxy) is 6. The van der Waals surface area contributed by atoms with Crippen molar-refractivity contribution in [1.29, 1.82) is 0 Å². The zero-order valence-corrected chi connectivity index (χ0v) is 79.9. The van der Waals surface area contributed by atoms with Crippen molar-refractivity contribution in [2.24, 2.45) is 34.6 Å². The van der Waals surface area contributed by atoms with E-state index in [-0.39, 0.29) is 131 Å². The van der Waals surface area contributed by atoms with Gasteiger partial charge in [-0.2, -0.15) is 0 Å². The molecule has 8 aromatic carbocycles. The number of hydrogen-bond donors (Lipinski definition) is 4. The Morgan fingerprint density at radius 2 is 0.824 bits per heavy atom. The van der Waals surface area contributed by atoms with Crippen molar-refractivity contribution < 1.29 is 94.2 Å². The van der Waals surface area contributed by atoms with Gasteiger partial charge in [0.1, 0.15) is 46.7 Å². The first-order chi connectivity index (χ1) is 64.9. The van der Waals surface area contributed by atoms with Crippen molar-refractivity contribution in [1.82, 2.24) is 19.6 Å². The number of nitrogens with two attached hydrogens (primary N) is 2. The third-order valence-electron chi connectivity index (χ3n) is 26.2. The molecule has 2 saturated carbocycles. The zero-order chi connectivity index (χ0) is 99.1. The molecule has 0 aromatic heterocycles. The number of aryl methyl sites for hydroxylation is 4. The van der Waals surface area contributed by atoms with E-state index in [1.165, 1.54) is 94.4 Å². The Labute approximate surface area is 791 Å². The summed E-state index contributed by atoms with van der Waals surface area (Å²) in [5.41, 5.74) is 30.4. The van der Waals surface area contributed by atoms with Crippen LogP contribution < -0.4 is 22.1 Å². The molecular weight excluding hydrogens is 1760 g/mol. The van der Waals surface area contributed by atoms with E-state index in [4.69, 9.17) is 35.4 Å². The van der Waals surface area contributed by atoms with Gasteiger partial charge in [-0.1, -0.05) is 85.8 Å². The van der Waals surface area contributed by atoms with E-state index in [2.05, 4.69) is 45.2 Å². The van der Waals surface area contributed by atoms with Crippen molar-refractivity contribution in [3.8, 4) is 0 Å². The van der Waals surface area contributed by atoms with Crippen molar-refractivity contribution in [2.75, 3.05) is 90.9 Å². The van der Waals surface area contributed by atoms with E-state index in [1.54, 1.807) is 86.0 Å². The molecular formula is C103H125F4N11O18. The van der Waals surface area contributed by atoms with Crippen LogP contribution in [0.1, 0.15) is 180 Å². The summed E-state index contributed by atoms with van der Waals surface area (Å²) in [6.45, 7) is 18.0. The third-order valence-corrected chi connectivity index (χ3v) is 26.2. The molecule has 33 heteroatoms. The number of aliphatic imine (C=N–C) groups is 1. The highest BCUT2D eigenvalue weighted by molar-refractivity contribution is 6.01. The summed E-state index contributed by atoms with van der Waals surface area (Å²) in [6, 6.07) is 36.0. The third kappa shape index (κ3) is 27.0. The zero-order valence-electron chi connectivity index (χ0n) is 79.9. The summed E-state index contributed by atoms with van der Waals surface area (Å²) in [5, 5.41) is 29.5. The Kier molecular flexibility index (Phi) is 37.4. The first kappa shape index (κ1) is 105. The number of esters is 2. The molecule has 6 N–H and O–H groups in total. The van der Waals surface area contributed by atoms with Crippen LogP contribution >= 0.6 is 0 Å². The smallest absolute Gasteiger partial charge is 0.409 e. The van der Waals surface area contributed by atoms with Crippen LogP contribution in [-0.4, -0.2) is 164 Å². The molecule has 5 heterocycles. The number of carbonyl (C=O) groups is 8. The molecule has 29 nitrogen and oxygen atoms in total. The Morgan fingerprint density at radius 1 is 0.463 bits per heavy atom. The van der Waals surface area contributed by atoms with Gasteiger partial charge >= 0.3 is 36.3 Å². The number of nitrogens with zero attached hydrogens (tertiary/aromatic N) is 7. The Balaban J connectivity index is 0.000000176. The normalized spacial score (nSPS) is 17.7. The number of anilines is 4. The Hall–Kier alpha value is -13.5. The molecule has 0 radical (unpaired) electrons. The highest BCUT2D eigenvalue weighted by Crippen LogP contribution is 2.50. The summed E-state index contributed by atoms with van der Waals surface area (Å²) < 4.78 is 83.7. The van der Waals surface area contributed by atoms with Gasteiger partial charge < -0.3 is 74.9 Å². The summed E-state index contributed by atoms with van der Waals surface area (Å²) in [4.78, 5) is 125. The van der Waals surface area contributed by atoms with E-state index in [9.17, 15) is 76.1 Å². The van der Waals surface area contributed by atoms with E-state index in [0.717, 1.165) is 138 Å². The van der Waals surface area contributed by atoms with Gasteiger partial charge in [0.2, 0.25) is 0 Å². The number of ketones is 1. The lowest BCUT2D eigenvalue weighted by Crippen LogP contribution is -2.36. The number of aldehydes is 1. The number of nitrogens with one attached hydrogen (secondary N) is 2. The molecule has 4 amide bonds. The van der Waals surface area contributed by atoms with E-state index < -0.39 is 22.0 Å². The maximum atomic E-state index is 14.4. The molecule has 15 rings (SSSR count). The van der Waals surface area contributed by atoms with Gasteiger partial charge in [-0.3, -0.25) is 39.6 Å². The predicted octanol–water partition coefficient (Wildman–Crippen LogP) is 19.1. The number of carbonyl (C=O) groups excluding carboxylic acids is 8. The lowest BCUT2D eigenvalue weighted by Gasteiger charge is -2.32. The number of nitro benzene ring substituents is 2. The number of halogens is 4. The summed E-state index contributed by atoms with van der Waals surface area (Å²) in [5.74, 6) is -0.315. The van der Waals surface area contributed by atoms with Crippen LogP contribution in [-0.2, 0) is 125 Å². The number of nitro groups is 2. The van der Waals surface area contributed by atoms with Gasteiger partial charge in [-0.15, -0.1) is 0 Å². The standard InChI is InChI=1S/C31H37FN2O4.C21H24FN3O4.C21H26FN3O2.C11H13N3O4.C10H11FO.C9H14O3/c1-18-5-6-20(16-26(18)32)15-19(2)27-24-12-11-21-13-14-34(31(36)38-4)17-25(21)29(24)33-28(27)22-7-9-23(10-8-22)30(35)37-3;1-13-4-5-15(11-18(13)22)10-14(2)23-19-7-6-16-8-9-24(21(26)29-3)12-17(16)20(19)25(27)28;1-13-4-5-15(11-18(13)22)10-14(2)24-19-7-6-16-8-9-25(21(26)27-3)12-17(16)20(19)23;1-18-11(15)13-5-4-7-2-3-9(12)10(14(16)17)8(7)6-13;1-7-3-4-9(5-8(2)12)6-10(7)11;1-12-9(11)8-4-2-7(6-10)3-5-8/h5-6,11-12,16,19,22-23,27H,7-10,13-15,17H2,1-4H3;4-7,11,14,23H,8-10,12H2,1-3H3;4-7,11,14,24H,8-10,12,23H2,1-3H3;2-3H,4-6,12H2,1H3;3-4,6H,5H2,1-2H3;6-8H,2-5H2,1H3. The van der Waals surface area contributed by atoms with Crippen LogP contribution in [0.5, 0.6) is 0 Å². The summed E-state index contributed by atoms with van der Waals surface area (Å²) in [6.07, 6.45) is 10.9. The number of hydrogen-bond acceptors (Lipinski definition) is 23. The summed E-state index contributed by atoms with van der Waals surface area (Å²) >= 11 is 0. The first-order valence-corrected chi connectivity index (χ1v) is 45.8. The fraction of sp³-hybridized carbons (Fsp3) is 0.447. The second-order valence-corrected chi connectivity index (χ2v) is 35.9. The largest absolute Gasteiger partial charge is 0.469 e. The Bertz CT molecular complexity index is 5720. The lowest BCUT2D eigenvalue weighted by molar-refractivity contribution is -0.385. The van der Waals surface area contributed by atoms with Gasteiger partial charge in [0.05, 0.1) is 119 Å². The maximum Gasteiger partial charge on any atom is 0.409 e. The van der Waals surface area contributed by atoms with Crippen molar-refractivity contribution >= 4 is 93.9 Å². The van der Waals surface area contributed by atoms with Gasteiger partial charge in [-0.25, -0.2) is 36.7 Å². The second-order valence-electron chi connectivity index (χ2n) is 35.9. The van der Waals surface area contributed by atoms with Gasteiger partial charge in [0, 0.05) is 67.8 Å². The number of Topliss-reactive ketones (excluding diaryl/α,β-unsaturated/α-hetero) is 1. The van der Waals surface area contributed by atoms with Crippen molar-refractivity contribution in [2.45, 2.75) is 202 Å². The fourth-order valence-electron chi connectivity index (χ4n) is 18.6. The lowest BCUT2D eigenvalue weighted by atomic mass is 9.72. The van der Waals surface area contributed by atoms with Crippen LogP contribution in [0.2, 0.25) is 0 Å². The first-order valence-electron chi connectivity index (χ1n) is 45.8.